The summed E-state index contributed by atoms with van der Waals surface area (Å²) in [5.74, 6) is -0.103. The Bertz CT molecular complexity index is 491. The summed E-state index contributed by atoms with van der Waals surface area (Å²) in [7, 11) is -1.85. The highest BCUT2D eigenvalue weighted by molar-refractivity contribution is 7.91. The molecule has 0 N–H and O–H groups in total. The maximum Gasteiger partial charge on any atom is 0.178 e. The van der Waals surface area contributed by atoms with Gasteiger partial charge in [0.05, 0.1) is 10.6 Å². The van der Waals surface area contributed by atoms with Gasteiger partial charge in [0, 0.05) is 13.5 Å². The lowest BCUT2D eigenvalue weighted by molar-refractivity contribution is -0.122. The first-order valence-electron chi connectivity index (χ1n) is 5.32. The van der Waals surface area contributed by atoms with Gasteiger partial charge in [0.1, 0.15) is 6.61 Å². The summed E-state index contributed by atoms with van der Waals surface area (Å²) in [4.78, 5) is 11.7. The minimum absolute atomic E-state index is 0.000503. The molecule has 0 fully saturated rings. The van der Waals surface area contributed by atoms with Gasteiger partial charge >= 0.3 is 0 Å². The molecule has 0 saturated heterocycles. The van der Waals surface area contributed by atoms with Crippen LogP contribution in [-0.4, -0.2) is 33.7 Å². The van der Waals surface area contributed by atoms with Crippen LogP contribution in [0.5, 0.6) is 0 Å². The third kappa shape index (κ3) is 3.64. The fourth-order valence-electron chi connectivity index (χ4n) is 1.53. The first-order valence-corrected chi connectivity index (χ1v) is 6.97. The number of benzene rings is 1. The zero-order valence-corrected chi connectivity index (χ0v) is 10.8. The zero-order chi connectivity index (χ0) is 12.9. The lowest BCUT2D eigenvalue weighted by Gasteiger charge is -2.08. The number of carbonyl (C=O) groups excluding carboxylic acids is 1. The van der Waals surface area contributed by atoms with Gasteiger partial charge in [-0.2, -0.15) is 0 Å². The van der Waals surface area contributed by atoms with Crippen molar-refractivity contribution in [3.8, 4) is 0 Å². The van der Waals surface area contributed by atoms with E-state index in [0.29, 0.717) is 5.56 Å². The van der Waals surface area contributed by atoms with Gasteiger partial charge in [-0.3, -0.25) is 4.79 Å². The van der Waals surface area contributed by atoms with Crippen LogP contribution in [0.4, 0.5) is 0 Å². The van der Waals surface area contributed by atoms with Crippen molar-refractivity contribution >= 4 is 15.6 Å². The van der Waals surface area contributed by atoms with Gasteiger partial charge in [-0.1, -0.05) is 25.1 Å². The molecule has 0 aliphatic heterocycles. The topological polar surface area (TPSA) is 60.4 Å². The fourth-order valence-corrected chi connectivity index (χ4v) is 2.67. The van der Waals surface area contributed by atoms with E-state index in [1.165, 1.54) is 13.2 Å². The Morgan fingerprint density at radius 2 is 1.94 bits per heavy atom. The molecule has 0 radical (unpaired) electrons. The van der Waals surface area contributed by atoms with Crippen molar-refractivity contribution in [3.05, 3.63) is 29.8 Å². The molecule has 1 rings (SSSR count). The molecule has 1 aromatic carbocycles. The molecule has 0 unspecified atom stereocenters. The Labute approximate surface area is 102 Å². The Morgan fingerprint density at radius 1 is 1.29 bits per heavy atom. The summed E-state index contributed by atoms with van der Waals surface area (Å²) in [6, 6.07) is 6.58. The van der Waals surface area contributed by atoms with Crippen molar-refractivity contribution in [2.24, 2.45) is 0 Å². The number of ether oxygens (including phenoxy) is 1. The highest BCUT2D eigenvalue weighted by Crippen LogP contribution is 2.17. The van der Waals surface area contributed by atoms with Gasteiger partial charge in [0.2, 0.25) is 0 Å². The molecule has 1 aromatic rings. The molecule has 94 valence electrons. The summed E-state index contributed by atoms with van der Waals surface area (Å²) in [5, 5.41) is 0. The van der Waals surface area contributed by atoms with Crippen molar-refractivity contribution in [1.82, 2.24) is 0 Å². The lowest BCUT2D eigenvalue weighted by atomic mass is 10.1. The number of carbonyl (C=O) groups is 1. The Hall–Kier alpha value is -1.20. The molecule has 0 aromatic heterocycles. The van der Waals surface area contributed by atoms with Crippen molar-refractivity contribution < 1.29 is 17.9 Å². The number of ketones is 1. The zero-order valence-electron chi connectivity index (χ0n) is 9.97. The number of hydrogen-bond donors (Lipinski definition) is 0. The minimum atomic E-state index is -3.28. The average Bonchev–Trinajstić information content (AvgIpc) is 2.30. The Morgan fingerprint density at radius 3 is 2.53 bits per heavy atom. The Kier molecular flexibility index (Phi) is 4.84. The average molecular weight is 256 g/mol. The highest BCUT2D eigenvalue weighted by Gasteiger charge is 2.17. The minimum Gasteiger partial charge on any atom is -0.377 e. The predicted octanol–water partition coefficient (Wildman–Crippen LogP) is 1.24. The molecule has 0 spiro atoms. The summed E-state index contributed by atoms with van der Waals surface area (Å²) in [6.45, 7) is 1.59. The van der Waals surface area contributed by atoms with Crippen LogP contribution >= 0.6 is 0 Å². The first-order chi connectivity index (χ1) is 8.01. The van der Waals surface area contributed by atoms with Gasteiger partial charge < -0.3 is 4.74 Å². The van der Waals surface area contributed by atoms with Crippen molar-refractivity contribution in [1.29, 1.82) is 0 Å². The van der Waals surface area contributed by atoms with E-state index in [0.717, 1.165) is 0 Å². The normalized spacial score (nSPS) is 11.4. The van der Waals surface area contributed by atoms with Crippen LogP contribution in [0.25, 0.3) is 0 Å². The van der Waals surface area contributed by atoms with Crippen molar-refractivity contribution in [3.63, 3.8) is 0 Å². The number of Topliss-reactive ketones (excluding diaryl/α,β-unsaturated/α-hetero) is 1. The summed E-state index contributed by atoms with van der Waals surface area (Å²) >= 11 is 0. The van der Waals surface area contributed by atoms with E-state index >= 15 is 0 Å². The molecule has 0 aliphatic rings. The van der Waals surface area contributed by atoms with Crippen LogP contribution in [0.15, 0.2) is 29.2 Å². The van der Waals surface area contributed by atoms with Crippen LogP contribution < -0.4 is 0 Å². The van der Waals surface area contributed by atoms with E-state index in [-0.39, 0.29) is 29.5 Å². The summed E-state index contributed by atoms with van der Waals surface area (Å²) in [5.41, 5.74) is 0.538. The van der Waals surface area contributed by atoms with E-state index in [9.17, 15) is 13.2 Å². The molecule has 0 atom stereocenters. The lowest BCUT2D eigenvalue weighted by Crippen LogP contribution is -2.13. The molecule has 5 heteroatoms. The van der Waals surface area contributed by atoms with Crippen LogP contribution in [0.1, 0.15) is 12.5 Å². The maximum atomic E-state index is 11.8. The third-order valence-electron chi connectivity index (χ3n) is 2.38. The van der Waals surface area contributed by atoms with Crippen molar-refractivity contribution in [2.75, 3.05) is 19.5 Å². The number of methoxy groups -OCH3 is 1. The maximum absolute atomic E-state index is 11.8. The highest BCUT2D eigenvalue weighted by atomic mass is 32.2. The monoisotopic (exact) mass is 256 g/mol. The quantitative estimate of drug-likeness (QED) is 0.768. The second-order valence-corrected chi connectivity index (χ2v) is 5.91. The fraction of sp³-hybridized carbons (Fsp3) is 0.417. The molecule has 0 amide bonds. The molecular weight excluding hydrogens is 240 g/mol. The molecule has 0 aliphatic carbocycles. The number of sulfone groups is 1. The van der Waals surface area contributed by atoms with E-state index < -0.39 is 9.84 Å². The van der Waals surface area contributed by atoms with Gasteiger partial charge in [0.25, 0.3) is 0 Å². The SMILES string of the molecule is CCS(=O)(=O)c1ccccc1CC(=O)COC. The summed E-state index contributed by atoms with van der Waals surface area (Å²) < 4.78 is 28.4. The third-order valence-corrected chi connectivity index (χ3v) is 4.21. The van der Waals surface area contributed by atoms with E-state index in [4.69, 9.17) is 4.74 Å². The van der Waals surface area contributed by atoms with E-state index in [1.807, 2.05) is 0 Å². The van der Waals surface area contributed by atoms with Gasteiger partial charge in [-0.05, 0) is 11.6 Å². The van der Waals surface area contributed by atoms with Crippen molar-refractivity contribution in [2.45, 2.75) is 18.2 Å². The van der Waals surface area contributed by atoms with Crippen LogP contribution in [-0.2, 0) is 25.8 Å². The standard InChI is InChI=1S/C12H16O4S/c1-3-17(14,15)12-7-5-4-6-10(12)8-11(13)9-16-2/h4-7H,3,8-9H2,1-2H3. The smallest absolute Gasteiger partial charge is 0.178 e. The molecule has 0 bridgehead atoms. The Balaban J connectivity index is 3.05. The van der Waals surface area contributed by atoms with Gasteiger partial charge in [-0.15, -0.1) is 0 Å². The molecule has 4 nitrogen and oxygen atoms in total. The van der Waals surface area contributed by atoms with E-state index in [1.54, 1.807) is 25.1 Å². The van der Waals surface area contributed by atoms with Gasteiger partial charge in [0.15, 0.2) is 15.6 Å². The second kappa shape index (κ2) is 5.93. The molecule has 0 saturated carbocycles. The van der Waals surface area contributed by atoms with E-state index in [2.05, 4.69) is 0 Å². The molecule has 17 heavy (non-hydrogen) atoms. The van der Waals surface area contributed by atoms with Crippen LogP contribution in [0.3, 0.4) is 0 Å². The first kappa shape index (κ1) is 13.9. The molecular formula is C12H16O4S. The number of rotatable bonds is 6. The summed E-state index contributed by atoms with van der Waals surface area (Å²) in [6.07, 6.45) is 0.0866. The largest absolute Gasteiger partial charge is 0.377 e. The van der Waals surface area contributed by atoms with Crippen LogP contribution in [0.2, 0.25) is 0 Å². The second-order valence-electron chi connectivity index (χ2n) is 3.66. The number of hydrogen-bond acceptors (Lipinski definition) is 4. The van der Waals surface area contributed by atoms with Crippen LogP contribution in [0, 0.1) is 0 Å². The molecule has 0 heterocycles. The predicted molar refractivity (Wildman–Crippen MR) is 64.8 cm³/mol. The van der Waals surface area contributed by atoms with Gasteiger partial charge in [-0.25, -0.2) is 8.42 Å².